The number of carbonyl (C=O) groups is 1. The van der Waals surface area contributed by atoms with Gasteiger partial charge in [-0.25, -0.2) is 19.0 Å². The normalized spacial score (nSPS) is 13.7. The van der Waals surface area contributed by atoms with E-state index < -0.39 is 0 Å². The van der Waals surface area contributed by atoms with E-state index in [0.717, 1.165) is 18.7 Å². The molecule has 4 rings (SSSR count). The monoisotopic (exact) mass is 323 g/mol. The molecule has 0 atom stereocenters. The molecule has 1 aliphatic carbocycles. The third-order valence-corrected chi connectivity index (χ3v) is 3.77. The van der Waals surface area contributed by atoms with E-state index in [1.807, 2.05) is 0 Å². The summed E-state index contributed by atoms with van der Waals surface area (Å²) in [5, 5.41) is 6.88. The predicted molar refractivity (Wildman–Crippen MR) is 85.5 cm³/mol. The lowest BCUT2D eigenvalue weighted by Crippen LogP contribution is -2.14. The van der Waals surface area contributed by atoms with Crippen LogP contribution in [0.4, 0.5) is 10.1 Å². The van der Waals surface area contributed by atoms with Gasteiger partial charge in [0.15, 0.2) is 5.69 Å². The summed E-state index contributed by atoms with van der Waals surface area (Å²) in [7, 11) is 0. The van der Waals surface area contributed by atoms with Gasteiger partial charge in [-0.1, -0.05) is 6.07 Å². The molecule has 1 aliphatic rings. The second-order valence-electron chi connectivity index (χ2n) is 5.68. The maximum absolute atomic E-state index is 13.3. The third-order valence-electron chi connectivity index (χ3n) is 3.77. The fraction of sp³-hybridized carbons (Fsp3) is 0.176. The van der Waals surface area contributed by atoms with Crippen LogP contribution in [0.25, 0.3) is 5.69 Å². The van der Waals surface area contributed by atoms with Crippen molar-refractivity contribution in [3.8, 4) is 5.69 Å². The highest BCUT2D eigenvalue weighted by Crippen LogP contribution is 2.37. The Labute approximate surface area is 137 Å². The highest BCUT2D eigenvalue weighted by molar-refractivity contribution is 6.02. The van der Waals surface area contributed by atoms with Crippen molar-refractivity contribution in [3.05, 3.63) is 66.3 Å². The average Bonchev–Trinajstić information content (AvgIpc) is 3.31. The van der Waals surface area contributed by atoms with Crippen molar-refractivity contribution in [3.63, 3.8) is 0 Å². The highest BCUT2D eigenvalue weighted by atomic mass is 19.1. The number of anilines is 1. The van der Waals surface area contributed by atoms with Gasteiger partial charge < -0.3 is 5.32 Å². The summed E-state index contributed by atoms with van der Waals surface area (Å²) in [6.45, 7) is 0. The van der Waals surface area contributed by atoms with Crippen LogP contribution in [0.3, 0.4) is 0 Å². The zero-order valence-corrected chi connectivity index (χ0v) is 12.7. The molecule has 1 N–H and O–H groups in total. The van der Waals surface area contributed by atoms with Crippen molar-refractivity contribution in [2.45, 2.75) is 18.8 Å². The first-order chi connectivity index (χ1) is 11.7. The van der Waals surface area contributed by atoms with Gasteiger partial charge in [0.05, 0.1) is 23.8 Å². The minimum atomic E-state index is -0.368. The lowest BCUT2D eigenvalue weighted by Gasteiger charge is -2.04. The number of carbonyl (C=O) groups excluding carboxylic acids is 1. The van der Waals surface area contributed by atoms with Crippen molar-refractivity contribution < 1.29 is 9.18 Å². The van der Waals surface area contributed by atoms with E-state index in [1.165, 1.54) is 16.8 Å². The number of rotatable bonds is 4. The van der Waals surface area contributed by atoms with Crippen LogP contribution in [-0.4, -0.2) is 25.7 Å². The number of aromatic nitrogens is 4. The van der Waals surface area contributed by atoms with Gasteiger partial charge in [0.1, 0.15) is 11.6 Å². The first-order valence-electron chi connectivity index (χ1n) is 7.64. The fourth-order valence-corrected chi connectivity index (χ4v) is 2.36. The summed E-state index contributed by atoms with van der Waals surface area (Å²) < 4.78 is 14.7. The first-order valence-corrected chi connectivity index (χ1v) is 7.64. The minimum Gasteiger partial charge on any atom is -0.318 e. The SMILES string of the molecule is O=C(Nc1cnc(C2CC2)nc1)c1ccn(-c2cccc(F)c2)n1. The molecule has 0 aliphatic heterocycles. The molecule has 1 fully saturated rings. The predicted octanol–water partition coefficient (Wildman–Crippen LogP) is 2.93. The van der Waals surface area contributed by atoms with Crippen molar-refractivity contribution in [1.82, 2.24) is 19.7 Å². The number of hydrogen-bond acceptors (Lipinski definition) is 4. The van der Waals surface area contributed by atoms with Crippen molar-refractivity contribution >= 4 is 11.6 Å². The van der Waals surface area contributed by atoms with E-state index in [-0.39, 0.29) is 17.4 Å². The average molecular weight is 323 g/mol. The Bertz CT molecular complexity index is 886. The van der Waals surface area contributed by atoms with Gasteiger partial charge in [-0.15, -0.1) is 0 Å². The number of nitrogens with one attached hydrogen (secondary N) is 1. The minimum absolute atomic E-state index is 0.227. The molecule has 1 aromatic carbocycles. The van der Waals surface area contributed by atoms with Crippen molar-refractivity contribution in [2.24, 2.45) is 0 Å². The van der Waals surface area contributed by atoms with Gasteiger partial charge in [-0.3, -0.25) is 4.79 Å². The van der Waals surface area contributed by atoms with Crippen LogP contribution < -0.4 is 5.32 Å². The molecular formula is C17H14FN5O. The molecule has 0 unspecified atom stereocenters. The summed E-state index contributed by atoms with van der Waals surface area (Å²) in [6, 6.07) is 7.57. The Hall–Kier alpha value is -3.09. The smallest absolute Gasteiger partial charge is 0.276 e. The van der Waals surface area contributed by atoms with Crippen LogP contribution in [0, 0.1) is 5.82 Å². The molecule has 0 saturated heterocycles. The Morgan fingerprint density at radius 1 is 1.21 bits per heavy atom. The number of halogens is 1. The molecule has 120 valence electrons. The molecule has 0 radical (unpaired) electrons. The van der Waals surface area contributed by atoms with Crippen molar-refractivity contribution in [1.29, 1.82) is 0 Å². The Balaban J connectivity index is 1.48. The number of hydrogen-bond donors (Lipinski definition) is 1. The van der Waals surface area contributed by atoms with Crippen LogP contribution in [0.5, 0.6) is 0 Å². The Kier molecular flexibility index (Phi) is 3.53. The summed E-state index contributed by atoms with van der Waals surface area (Å²) in [5.41, 5.74) is 1.29. The molecular weight excluding hydrogens is 309 g/mol. The first kappa shape index (κ1) is 14.5. The zero-order chi connectivity index (χ0) is 16.5. The van der Waals surface area contributed by atoms with Crippen LogP contribution in [0.1, 0.15) is 35.1 Å². The Morgan fingerprint density at radius 3 is 2.71 bits per heavy atom. The van der Waals surface area contributed by atoms with Gasteiger partial charge in [0, 0.05) is 12.1 Å². The molecule has 1 saturated carbocycles. The molecule has 24 heavy (non-hydrogen) atoms. The lowest BCUT2D eigenvalue weighted by atomic mass is 10.3. The summed E-state index contributed by atoms with van der Waals surface area (Å²) >= 11 is 0. The summed E-state index contributed by atoms with van der Waals surface area (Å²) in [6.07, 6.45) is 7.06. The molecule has 7 heteroatoms. The zero-order valence-electron chi connectivity index (χ0n) is 12.7. The van der Waals surface area contributed by atoms with Gasteiger partial charge in [-0.2, -0.15) is 5.10 Å². The van der Waals surface area contributed by atoms with Crippen molar-refractivity contribution in [2.75, 3.05) is 5.32 Å². The number of benzene rings is 1. The van der Waals surface area contributed by atoms with E-state index in [0.29, 0.717) is 17.3 Å². The van der Waals surface area contributed by atoms with Gasteiger partial charge in [-0.05, 0) is 37.1 Å². The van der Waals surface area contributed by atoms with Gasteiger partial charge in [0.2, 0.25) is 0 Å². The van der Waals surface area contributed by atoms with Crippen LogP contribution in [0.15, 0.2) is 48.9 Å². The third kappa shape index (κ3) is 3.01. The van der Waals surface area contributed by atoms with Gasteiger partial charge in [0.25, 0.3) is 5.91 Å². The summed E-state index contributed by atoms with van der Waals surface area (Å²) in [4.78, 5) is 20.8. The lowest BCUT2D eigenvalue weighted by molar-refractivity contribution is 0.102. The van der Waals surface area contributed by atoms with E-state index in [2.05, 4.69) is 20.4 Å². The largest absolute Gasteiger partial charge is 0.318 e. The standard InChI is InChI=1S/C17H14FN5O/c18-12-2-1-3-14(8-12)23-7-6-15(22-23)17(24)21-13-9-19-16(20-10-13)11-4-5-11/h1-3,6-11H,4-5H2,(H,21,24). The van der Waals surface area contributed by atoms with Gasteiger partial charge >= 0.3 is 0 Å². The Morgan fingerprint density at radius 2 is 2.00 bits per heavy atom. The molecule has 6 nitrogen and oxygen atoms in total. The quantitative estimate of drug-likeness (QED) is 0.801. The van der Waals surface area contributed by atoms with E-state index in [4.69, 9.17) is 0 Å². The summed E-state index contributed by atoms with van der Waals surface area (Å²) in [5.74, 6) is 0.565. The maximum Gasteiger partial charge on any atom is 0.276 e. The second-order valence-corrected chi connectivity index (χ2v) is 5.68. The van der Waals surface area contributed by atoms with Crippen LogP contribution in [-0.2, 0) is 0 Å². The highest BCUT2D eigenvalue weighted by Gasteiger charge is 2.26. The van der Waals surface area contributed by atoms with Crippen LogP contribution in [0.2, 0.25) is 0 Å². The number of nitrogens with zero attached hydrogens (tertiary/aromatic N) is 4. The second kappa shape index (κ2) is 5.84. The van der Waals surface area contributed by atoms with Crippen LogP contribution >= 0.6 is 0 Å². The fourth-order valence-electron chi connectivity index (χ4n) is 2.36. The molecule has 2 aromatic heterocycles. The van der Waals surface area contributed by atoms with E-state index in [9.17, 15) is 9.18 Å². The topological polar surface area (TPSA) is 72.7 Å². The van der Waals surface area contributed by atoms with E-state index in [1.54, 1.807) is 36.8 Å². The van der Waals surface area contributed by atoms with E-state index >= 15 is 0 Å². The molecule has 0 spiro atoms. The number of amides is 1. The molecule has 0 bridgehead atoms. The molecule has 3 aromatic rings. The molecule has 2 heterocycles. The molecule has 1 amide bonds. The maximum atomic E-state index is 13.3.